The molecule has 9 heteroatoms. The van der Waals surface area contributed by atoms with Gasteiger partial charge in [0.05, 0.1) is 4.90 Å². The van der Waals surface area contributed by atoms with Crippen LogP contribution in [0.15, 0.2) is 76.0 Å². The second-order valence-corrected chi connectivity index (χ2v) is 7.87. The minimum Gasteiger partial charge on any atom is -0.423 e. The Hall–Kier alpha value is -3.69. The van der Waals surface area contributed by atoms with Crippen LogP contribution in [0.5, 0.6) is 0 Å². The number of sulfonamides is 1. The quantitative estimate of drug-likeness (QED) is 0.463. The van der Waals surface area contributed by atoms with Crippen molar-refractivity contribution in [3.8, 4) is 11.1 Å². The smallest absolute Gasteiger partial charge is 0.300 e. The molecule has 146 valence electrons. The Morgan fingerprint density at radius 1 is 0.966 bits per heavy atom. The van der Waals surface area contributed by atoms with Gasteiger partial charge in [0.25, 0.3) is 6.01 Å². The Bertz CT molecular complexity index is 1310. The summed E-state index contributed by atoms with van der Waals surface area (Å²) in [6.45, 7) is 0. The highest BCUT2D eigenvalue weighted by molar-refractivity contribution is 7.89. The van der Waals surface area contributed by atoms with Gasteiger partial charge in [0, 0.05) is 16.8 Å². The number of hydrogen-bond acceptors (Lipinski definition) is 6. The van der Waals surface area contributed by atoms with E-state index in [4.69, 9.17) is 15.3 Å². The average Bonchev–Trinajstić information content (AvgIpc) is 3.10. The Labute approximate surface area is 166 Å². The molecule has 3 aromatic carbocycles. The van der Waals surface area contributed by atoms with E-state index in [2.05, 4.69) is 10.3 Å². The molecule has 0 aliphatic heterocycles. The number of para-hydroxylation sites is 1. The molecule has 29 heavy (non-hydrogen) atoms. The Morgan fingerprint density at radius 2 is 1.66 bits per heavy atom. The fourth-order valence-electron chi connectivity index (χ4n) is 2.90. The molecule has 0 aliphatic rings. The third-order valence-electron chi connectivity index (χ3n) is 4.33. The first-order chi connectivity index (χ1) is 13.8. The summed E-state index contributed by atoms with van der Waals surface area (Å²) in [6.07, 6.45) is 0. The fraction of sp³-hybridized carbons (Fsp3) is 0. The van der Waals surface area contributed by atoms with Crippen LogP contribution in [0.2, 0.25) is 0 Å². The number of benzene rings is 3. The predicted molar refractivity (Wildman–Crippen MR) is 109 cm³/mol. The topological polar surface area (TPSA) is 141 Å². The second-order valence-electron chi connectivity index (χ2n) is 6.31. The number of fused-ring (bicyclic) bond motifs is 1. The van der Waals surface area contributed by atoms with Gasteiger partial charge in [0.1, 0.15) is 5.52 Å². The summed E-state index contributed by atoms with van der Waals surface area (Å²) in [5, 5.41) is 8.19. The van der Waals surface area contributed by atoms with E-state index in [0.29, 0.717) is 22.4 Å². The van der Waals surface area contributed by atoms with Crippen LogP contribution in [-0.4, -0.2) is 19.3 Å². The van der Waals surface area contributed by atoms with Crippen LogP contribution < -0.4 is 16.2 Å². The Kier molecular flexibility index (Phi) is 4.53. The lowest BCUT2D eigenvalue weighted by Gasteiger charge is -2.04. The van der Waals surface area contributed by atoms with Crippen molar-refractivity contribution in [3.63, 3.8) is 0 Å². The molecule has 1 heterocycles. The molecule has 5 N–H and O–H groups in total. The van der Waals surface area contributed by atoms with Gasteiger partial charge in [0.15, 0.2) is 5.58 Å². The molecular formula is C20H16N4O4S. The molecular weight excluding hydrogens is 392 g/mol. The monoisotopic (exact) mass is 408 g/mol. The first kappa shape index (κ1) is 18.7. The molecule has 0 saturated carbocycles. The fourth-order valence-corrected chi connectivity index (χ4v) is 3.41. The number of nitrogens with two attached hydrogens (primary N) is 2. The molecule has 0 fully saturated rings. The zero-order valence-electron chi connectivity index (χ0n) is 15.0. The van der Waals surface area contributed by atoms with Gasteiger partial charge in [-0.3, -0.25) is 4.79 Å². The van der Waals surface area contributed by atoms with Crippen molar-refractivity contribution in [2.75, 3.05) is 5.32 Å². The average molecular weight is 408 g/mol. The van der Waals surface area contributed by atoms with E-state index in [9.17, 15) is 13.2 Å². The minimum atomic E-state index is -3.76. The van der Waals surface area contributed by atoms with E-state index >= 15 is 0 Å². The van der Waals surface area contributed by atoms with E-state index in [1.54, 1.807) is 36.4 Å². The summed E-state index contributed by atoms with van der Waals surface area (Å²) in [5.74, 6) is -0.503. The molecule has 0 radical (unpaired) electrons. The summed E-state index contributed by atoms with van der Waals surface area (Å²) < 4.78 is 28.8. The molecule has 1 amide bonds. The van der Waals surface area contributed by atoms with E-state index in [1.165, 1.54) is 12.1 Å². The zero-order valence-corrected chi connectivity index (χ0v) is 15.8. The predicted octanol–water partition coefficient (Wildman–Crippen LogP) is 2.98. The number of nitrogens with zero attached hydrogens (tertiary/aromatic N) is 1. The normalized spacial score (nSPS) is 11.5. The van der Waals surface area contributed by atoms with Crippen molar-refractivity contribution in [2.45, 2.75) is 4.90 Å². The maximum atomic E-state index is 11.4. The van der Waals surface area contributed by atoms with E-state index in [-0.39, 0.29) is 10.9 Å². The first-order valence-corrected chi connectivity index (χ1v) is 10.1. The molecule has 0 spiro atoms. The number of nitrogens with one attached hydrogen (secondary N) is 1. The van der Waals surface area contributed by atoms with Crippen molar-refractivity contribution < 1.29 is 17.6 Å². The first-order valence-electron chi connectivity index (χ1n) is 8.51. The number of carbonyl (C=O) groups excluding carboxylic acids is 1. The summed E-state index contributed by atoms with van der Waals surface area (Å²) >= 11 is 0. The Balaban J connectivity index is 1.67. The molecule has 8 nitrogen and oxygen atoms in total. The van der Waals surface area contributed by atoms with E-state index in [1.807, 2.05) is 18.2 Å². The lowest BCUT2D eigenvalue weighted by atomic mass is 10.1. The largest absolute Gasteiger partial charge is 0.423 e. The Morgan fingerprint density at radius 3 is 2.28 bits per heavy atom. The van der Waals surface area contributed by atoms with E-state index < -0.39 is 15.9 Å². The number of rotatable bonds is 5. The molecule has 0 saturated heterocycles. The van der Waals surface area contributed by atoms with Crippen LogP contribution in [0, 0.1) is 0 Å². The highest BCUT2D eigenvalue weighted by atomic mass is 32.2. The molecule has 0 unspecified atom stereocenters. The number of carbonyl (C=O) groups is 1. The van der Waals surface area contributed by atoms with Crippen LogP contribution in [0.4, 0.5) is 11.7 Å². The van der Waals surface area contributed by atoms with Crippen molar-refractivity contribution in [2.24, 2.45) is 10.9 Å². The van der Waals surface area contributed by atoms with Gasteiger partial charge in [-0.25, -0.2) is 13.6 Å². The van der Waals surface area contributed by atoms with Crippen molar-refractivity contribution in [1.82, 2.24) is 4.98 Å². The highest BCUT2D eigenvalue weighted by Crippen LogP contribution is 2.32. The minimum absolute atomic E-state index is 0.0350. The SMILES string of the molecule is NC(=O)c1ccc(Nc2nc3cccc(-c4ccc(S(N)(=O)=O)cc4)c3o2)cc1. The number of aromatic nitrogens is 1. The number of anilines is 2. The summed E-state index contributed by atoms with van der Waals surface area (Å²) in [4.78, 5) is 15.6. The van der Waals surface area contributed by atoms with Gasteiger partial charge < -0.3 is 15.5 Å². The van der Waals surface area contributed by atoms with Gasteiger partial charge in [-0.1, -0.05) is 24.3 Å². The van der Waals surface area contributed by atoms with Crippen LogP contribution in [0.1, 0.15) is 10.4 Å². The lowest BCUT2D eigenvalue weighted by Crippen LogP contribution is -2.11. The molecule has 1 aromatic heterocycles. The molecule has 4 rings (SSSR count). The second kappa shape index (κ2) is 7.04. The number of primary amides is 1. The van der Waals surface area contributed by atoms with Gasteiger partial charge in [0.2, 0.25) is 15.9 Å². The number of hydrogen-bond donors (Lipinski definition) is 3. The lowest BCUT2D eigenvalue weighted by molar-refractivity contribution is 0.100. The van der Waals surface area contributed by atoms with Crippen molar-refractivity contribution >= 4 is 38.7 Å². The summed E-state index contributed by atoms with van der Waals surface area (Å²) in [5.41, 5.74) is 9.02. The standard InChI is InChI=1S/C20H16N4O4S/c21-19(25)13-4-8-14(9-5-13)23-20-24-17-3-1-2-16(18(17)28-20)12-6-10-15(11-7-12)29(22,26)27/h1-11H,(H2,21,25)(H,23,24)(H2,22,26,27). The van der Waals surface area contributed by atoms with Crippen molar-refractivity contribution in [3.05, 3.63) is 72.3 Å². The van der Waals surface area contributed by atoms with Gasteiger partial charge in [-0.05, 0) is 48.0 Å². The molecule has 0 atom stereocenters. The zero-order chi connectivity index (χ0) is 20.6. The number of primary sulfonamides is 1. The van der Waals surface area contributed by atoms with E-state index in [0.717, 1.165) is 11.1 Å². The number of amides is 1. The molecule has 0 aliphatic carbocycles. The van der Waals surface area contributed by atoms with Gasteiger partial charge in [-0.2, -0.15) is 4.98 Å². The van der Waals surface area contributed by atoms with Gasteiger partial charge in [-0.15, -0.1) is 0 Å². The van der Waals surface area contributed by atoms with Gasteiger partial charge >= 0.3 is 0 Å². The maximum Gasteiger partial charge on any atom is 0.300 e. The maximum absolute atomic E-state index is 11.4. The summed E-state index contributed by atoms with van der Waals surface area (Å²) in [6, 6.07) is 18.6. The third-order valence-corrected chi connectivity index (χ3v) is 5.26. The molecule has 4 aromatic rings. The van der Waals surface area contributed by atoms with Crippen LogP contribution in [0.25, 0.3) is 22.2 Å². The van der Waals surface area contributed by atoms with Crippen LogP contribution >= 0.6 is 0 Å². The van der Waals surface area contributed by atoms with Crippen LogP contribution in [0.3, 0.4) is 0 Å². The van der Waals surface area contributed by atoms with Crippen molar-refractivity contribution in [1.29, 1.82) is 0 Å². The molecule has 0 bridgehead atoms. The highest BCUT2D eigenvalue weighted by Gasteiger charge is 2.13. The van der Waals surface area contributed by atoms with Crippen LogP contribution in [-0.2, 0) is 10.0 Å². The number of oxazole rings is 1. The summed E-state index contributed by atoms with van der Waals surface area (Å²) in [7, 11) is -3.76. The third kappa shape index (κ3) is 3.82.